The first-order valence-corrected chi connectivity index (χ1v) is 9.78. The van der Waals surface area contributed by atoms with Crippen molar-refractivity contribution in [2.24, 2.45) is 5.92 Å². The number of likely N-dealkylation sites (tertiary alicyclic amines) is 1. The van der Waals surface area contributed by atoms with Crippen molar-refractivity contribution < 1.29 is 14.0 Å². The maximum Gasteiger partial charge on any atom is 0.227 e. The van der Waals surface area contributed by atoms with Crippen LogP contribution in [-0.4, -0.2) is 34.8 Å². The van der Waals surface area contributed by atoms with Crippen molar-refractivity contribution in [2.75, 3.05) is 13.1 Å². The fourth-order valence-corrected chi connectivity index (χ4v) is 3.58. The minimum Gasteiger partial charge on any atom is -0.352 e. The predicted molar refractivity (Wildman–Crippen MR) is 105 cm³/mol. The van der Waals surface area contributed by atoms with Gasteiger partial charge in [-0.25, -0.2) is 4.39 Å². The predicted octanol–water partition coefficient (Wildman–Crippen LogP) is 3.10. The Balaban J connectivity index is 1.41. The van der Waals surface area contributed by atoms with E-state index >= 15 is 0 Å². The molecule has 28 heavy (non-hydrogen) atoms. The minimum atomic E-state index is -0.308. The van der Waals surface area contributed by atoms with E-state index < -0.39 is 0 Å². The molecule has 0 bridgehead atoms. The fraction of sp³-hybridized carbons (Fsp3) is 0.409. The monoisotopic (exact) mass is 383 g/mol. The Hall–Kier alpha value is -2.76. The molecule has 2 aromatic rings. The van der Waals surface area contributed by atoms with Crippen LogP contribution in [0.2, 0.25) is 0 Å². The lowest BCUT2D eigenvalue weighted by Gasteiger charge is -2.33. The number of benzene rings is 1. The Kier molecular flexibility index (Phi) is 7.12. The molecule has 2 amide bonds. The highest BCUT2D eigenvalue weighted by Crippen LogP contribution is 2.21. The summed E-state index contributed by atoms with van der Waals surface area (Å²) in [7, 11) is 0. The van der Waals surface area contributed by atoms with Gasteiger partial charge in [-0.05, 0) is 42.9 Å². The molecule has 0 radical (unpaired) electrons. The van der Waals surface area contributed by atoms with Gasteiger partial charge in [-0.2, -0.15) is 0 Å². The molecule has 0 aliphatic carbocycles. The van der Waals surface area contributed by atoms with Crippen molar-refractivity contribution >= 4 is 11.8 Å². The van der Waals surface area contributed by atoms with Gasteiger partial charge in [0.2, 0.25) is 11.8 Å². The number of carbonyl (C=O) groups is 2. The van der Waals surface area contributed by atoms with Crippen molar-refractivity contribution in [2.45, 2.75) is 38.6 Å². The van der Waals surface area contributed by atoms with E-state index in [2.05, 4.69) is 10.3 Å². The summed E-state index contributed by atoms with van der Waals surface area (Å²) >= 11 is 0. The van der Waals surface area contributed by atoms with Gasteiger partial charge >= 0.3 is 0 Å². The number of rotatable bonds is 7. The summed E-state index contributed by atoms with van der Waals surface area (Å²) in [6, 6.07) is 10.2. The summed E-state index contributed by atoms with van der Waals surface area (Å²) in [6.45, 7) is 1.67. The number of aromatic nitrogens is 1. The fourth-order valence-electron chi connectivity index (χ4n) is 3.58. The molecule has 0 unspecified atom stereocenters. The van der Waals surface area contributed by atoms with Crippen LogP contribution in [-0.2, 0) is 22.6 Å². The number of piperidine rings is 1. The number of nitrogens with zero attached hydrogens (tertiary/aromatic N) is 2. The van der Waals surface area contributed by atoms with E-state index in [1.54, 1.807) is 30.6 Å². The zero-order valence-electron chi connectivity index (χ0n) is 15.9. The lowest BCUT2D eigenvalue weighted by molar-refractivity contribution is -0.132. The zero-order valence-corrected chi connectivity index (χ0v) is 15.9. The summed E-state index contributed by atoms with van der Waals surface area (Å²) in [5, 5.41) is 2.78. The summed E-state index contributed by atoms with van der Waals surface area (Å²) in [5.41, 5.74) is 1.41. The molecule has 1 aromatic heterocycles. The number of nitrogens with one attached hydrogen (secondary N) is 1. The maximum absolute atomic E-state index is 13.6. The Labute approximate surface area is 165 Å². The van der Waals surface area contributed by atoms with Crippen LogP contribution in [0.1, 0.15) is 36.8 Å². The van der Waals surface area contributed by atoms with Crippen LogP contribution in [0.25, 0.3) is 0 Å². The van der Waals surface area contributed by atoms with Gasteiger partial charge in [0.05, 0.1) is 6.42 Å². The molecule has 1 aromatic carbocycles. The Morgan fingerprint density at radius 3 is 2.86 bits per heavy atom. The molecule has 0 saturated carbocycles. The minimum absolute atomic E-state index is 0.0814. The molecule has 148 valence electrons. The van der Waals surface area contributed by atoms with Crippen molar-refractivity contribution in [3.05, 3.63) is 65.7 Å². The largest absolute Gasteiger partial charge is 0.352 e. The lowest BCUT2D eigenvalue weighted by atomic mass is 9.93. The summed E-state index contributed by atoms with van der Waals surface area (Å²) in [6.07, 6.45) is 6.89. The van der Waals surface area contributed by atoms with Crippen LogP contribution in [0.4, 0.5) is 4.39 Å². The van der Waals surface area contributed by atoms with Gasteiger partial charge in [-0.15, -0.1) is 0 Å². The van der Waals surface area contributed by atoms with Gasteiger partial charge < -0.3 is 10.2 Å². The smallest absolute Gasteiger partial charge is 0.227 e. The van der Waals surface area contributed by atoms with E-state index in [0.717, 1.165) is 31.4 Å². The van der Waals surface area contributed by atoms with Crippen LogP contribution >= 0.6 is 0 Å². The third kappa shape index (κ3) is 5.87. The Morgan fingerprint density at radius 1 is 1.21 bits per heavy atom. The summed E-state index contributed by atoms with van der Waals surface area (Å²) < 4.78 is 13.6. The molecular weight excluding hydrogens is 357 g/mol. The number of carbonyl (C=O) groups excluding carboxylic acids is 2. The first kappa shape index (κ1) is 20.0. The molecule has 6 heteroatoms. The van der Waals surface area contributed by atoms with Gasteiger partial charge in [0.1, 0.15) is 5.82 Å². The van der Waals surface area contributed by atoms with E-state index in [-0.39, 0.29) is 24.2 Å². The van der Waals surface area contributed by atoms with Crippen molar-refractivity contribution in [3.8, 4) is 0 Å². The van der Waals surface area contributed by atoms with Gasteiger partial charge in [-0.1, -0.05) is 24.3 Å². The van der Waals surface area contributed by atoms with Crippen molar-refractivity contribution in [1.29, 1.82) is 0 Å². The normalized spacial score (nSPS) is 16.6. The molecule has 1 saturated heterocycles. The second-order valence-electron chi connectivity index (χ2n) is 7.29. The van der Waals surface area contributed by atoms with Crippen molar-refractivity contribution in [3.63, 3.8) is 0 Å². The number of amides is 2. The molecule has 5 nitrogen and oxygen atoms in total. The topological polar surface area (TPSA) is 62.3 Å². The zero-order chi connectivity index (χ0) is 19.8. The number of hydrogen-bond donors (Lipinski definition) is 1. The van der Waals surface area contributed by atoms with E-state index in [0.29, 0.717) is 30.9 Å². The van der Waals surface area contributed by atoms with Gasteiger partial charge in [-0.3, -0.25) is 14.6 Å². The number of pyridine rings is 1. The highest BCUT2D eigenvalue weighted by atomic mass is 19.1. The molecule has 1 atom stereocenters. The molecule has 1 aliphatic rings. The van der Waals surface area contributed by atoms with Crippen LogP contribution in [0.5, 0.6) is 0 Å². The SMILES string of the molecule is O=C(CC[C@@H]1CCCN(C(=O)Cc2cccnc2)C1)NCc1ccccc1F. The third-order valence-electron chi connectivity index (χ3n) is 5.16. The van der Waals surface area contributed by atoms with Crippen LogP contribution in [0.15, 0.2) is 48.8 Å². The standard InChI is InChI=1S/C22H26FN3O2/c23-20-8-2-1-7-19(20)15-25-21(27)10-9-17-6-4-12-26(16-17)22(28)13-18-5-3-11-24-14-18/h1-3,5,7-8,11,14,17H,4,6,9-10,12-13,15-16H2,(H,25,27)/t17-/m0/s1. The van der Waals surface area contributed by atoms with Crippen LogP contribution < -0.4 is 5.32 Å². The van der Waals surface area contributed by atoms with E-state index in [9.17, 15) is 14.0 Å². The highest BCUT2D eigenvalue weighted by molar-refractivity contribution is 5.79. The van der Waals surface area contributed by atoms with Gasteiger partial charge in [0.15, 0.2) is 0 Å². The second-order valence-corrected chi connectivity index (χ2v) is 7.29. The number of hydrogen-bond acceptors (Lipinski definition) is 3. The number of halogens is 1. The maximum atomic E-state index is 13.6. The lowest BCUT2D eigenvalue weighted by Crippen LogP contribution is -2.41. The molecule has 1 fully saturated rings. The quantitative estimate of drug-likeness (QED) is 0.799. The Bertz CT molecular complexity index is 797. The van der Waals surface area contributed by atoms with Gasteiger partial charge in [0.25, 0.3) is 0 Å². The Morgan fingerprint density at radius 2 is 2.07 bits per heavy atom. The average Bonchev–Trinajstić information content (AvgIpc) is 2.72. The average molecular weight is 383 g/mol. The highest BCUT2D eigenvalue weighted by Gasteiger charge is 2.24. The molecule has 3 rings (SSSR count). The summed E-state index contributed by atoms with van der Waals surface area (Å²) in [5.74, 6) is 0.0485. The van der Waals surface area contributed by atoms with E-state index in [4.69, 9.17) is 0 Å². The molecule has 1 aliphatic heterocycles. The van der Waals surface area contributed by atoms with Gasteiger partial charge in [0, 0.05) is 44.0 Å². The molecular formula is C22H26FN3O2. The first-order valence-electron chi connectivity index (χ1n) is 9.78. The molecule has 1 N–H and O–H groups in total. The van der Waals surface area contributed by atoms with Crippen LogP contribution in [0, 0.1) is 11.7 Å². The van der Waals surface area contributed by atoms with Crippen molar-refractivity contribution in [1.82, 2.24) is 15.2 Å². The van der Waals surface area contributed by atoms with E-state index in [1.807, 2.05) is 17.0 Å². The molecule has 0 spiro atoms. The third-order valence-corrected chi connectivity index (χ3v) is 5.16. The first-order chi connectivity index (χ1) is 13.6. The van der Waals surface area contributed by atoms with E-state index in [1.165, 1.54) is 6.07 Å². The van der Waals surface area contributed by atoms with Crippen LogP contribution in [0.3, 0.4) is 0 Å². The summed E-state index contributed by atoms with van der Waals surface area (Å²) in [4.78, 5) is 30.6. The molecule has 2 heterocycles. The second kappa shape index (κ2) is 9.97.